The van der Waals surface area contributed by atoms with Gasteiger partial charge in [-0.1, -0.05) is 304 Å². The third-order valence-electron chi connectivity index (χ3n) is 14.5. The van der Waals surface area contributed by atoms with E-state index in [1.54, 1.807) is 0 Å². The van der Waals surface area contributed by atoms with Gasteiger partial charge >= 0.3 is 17.9 Å². The molecule has 458 valence electrons. The van der Waals surface area contributed by atoms with Crippen LogP contribution in [-0.2, 0) is 28.6 Å². The van der Waals surface area contributed by atoms with Crippen LogP contribution in [-0.4, -0.2) is 37.2 Å². The first kappa shape index (κ1) is 76.1. The predicted octanol–water partition coefficient (Wildman–Crippen LogP) is 23.4. The SMILES string of the molecule is CC/C=C\C/C=C\C/C=C\C/C=C\C/C=C\C/C=C\CCCCCCCCCCC(=O)OCC(COC(=O)CCCCCCCCCC)OC(=O)CCCCCCCCCCCCCC/C=C\C/C=C\C/C=C\CCCCCCC. The molecule has 0 N–H and O–H groups in total. The minimum Gasteiger partial charge on any atom is -0.462 e. The highest BCUT2D eigenvalue weighted by molar-refractivity contribution is 5.71. The predicted molar refractivity (Wildman–Crippen MR) is 348 cm³/mol. The summed E-state index contributed by atoms with van der Waals surface area (Å²) >= 11 is 0. The van der Waals surface area contributed by atoms with Crippen molar-refractivity contribution in [2.24, 2.45) is 0 Å². The van der Waals surface area contributed by atoms with Crippen LogP contribution >= 0.6 is 0 Å². The van der Waals surface area contributed by atoms with Crippen LogP contribution in [0.5, 0.6) is 0 Å². The lowest BCUT2D eigenvalue weighted by Gasteiger charge is -2.18. The van der Waals surface area contributed by atoms with Gasteiger partial charge in [-0.2, -0.15) is 0 Å². The highest BCUT2D eigenvalue weighted by atomic mass is 16.6. The average Bonchev–Trinajstić information content (AvgIpc) is 3.46. The number of carbonyl (C=O) groups excluding carboxylic acids is 3. The van der Waals surface area contributed by atoms with Crippen LogP contribution < -0.4 is 0 Å². The van der Waals surface area contributed by atoms with E-state index >= 15 is 0 Å². The molecule has 1 unspecified atom stereocenters. The van der Waals surface area contributed by atoms with Gasteiger partial charge in [0.2, 0.25) is 0 Å². The molecule has 6 heteroatoms. The highest BCUT2D eigenvalue weighted by Gasteiger charge is 2.19. The Morgan fingerprint density at radius 3 is 0.762 bits per heavy atom. The van der Waals surface area contributed by atoms with Gasteiger partial charge in [0.15, 0.2) is 6.10 Å². The molecular weight excluding hydrogens is 985 g/mol. The minimum atomic E-state index is -0.782. The molecule has 0 saturated carbocycles. The van der Waals surface area contributed by atoms with Crippen molar-refractivity contribution in [3.8, 4) is 0 Å². The van der Waals surface area contributed by atoms with Gasteiger partial charge in [0.1, 0.15) is 13.2 Å². The van der Waals surface area contributed by atoms with Crippen molar-refractivity contribution in [1.29, 1.82) is 0 Å². The van der Waals surface area contributed by atoms with Crippen molar-refractivity contribution in [2.75, 3.05) is 13.2 Å². The molecule has 0 aromatic carbocycles. The van der Waals surface area contributed by atoms with Gasteiger partial charge in [-0.3, -0.25) is 14.4 Å². The topological polar surface area (TPSA) is 78.9 Å². The van der Waals surface area contributed by atoms with Gasteiger partial charge in [-0.05, 0) is 109 Å². The first-order chi connectivity index (χ1) is 39.5. The number of hydrogen-bond acceptors (Lipinski definition) is 6. The maximum absolute atomic E-state index is 12.9. The second-order valence-electron chi connectivity index (χ2n) is 22.4. The molecule has 0 heterocycles. The molecule has 0 aliphatic carbocycles. The minimum absolute atomic E-state index is 0.0798. The number of allylic oxidation sites excluding steroid dienone is 18. The number of esters is 3. The normalized spacial score (nSPS) is 12.8. The fourth-order valence-corrected chi connectivity index (χ4v) is 9.45. The van der Waals surface area contributed by atoms with E-state index in [1.807, 2.05) is 0 Å². The second kappa shape index (κ2) is 67.6. The molecule has 0 radical (unpaired) electrons. The molecule has 0 saturated heterocycles. The summed E-state index contributed by atoms with van der Waals surface area (Å²) in [6.07, 6.45) is 92.6. The molecular formula is C74H126O6. The lowest BCUT2D eigenvalue weighted by Crippen LogP contribution is -2.30. The van der Waals surface area contributed by atoms with E-state index in [0.717, 1.165) is 116 Å². The Balaban J connectivity index is 4.19. The van der Waals surface area contributed by atoms with Crippen molar-refractivity contribution in [1.82, 2.24) is 0 Å². The van der Waals surface area contributed by atoms with Crippen molar-refractivity contribution >= 4 is 17.9 Å². The van der Waals surface area contributed by atoms with E-state index in [0.29, 0.717) is 19.3 Å². The molecule has 6 nitrogen and oxygen atoms in total. The fraction of sp³-hybridized carbons (Fsp3) is 0.716. The van der Waals surface area contributed by atoms with Gasteiger partial charge < -0.3 is 14.2 Å². The molecule has 0 bridgehead atoms. The summed E-state index contributed by atoms with van der Waals surface area (Å²) in [5.74, 6) is -0.886. The Hall–Kier alpha value is -3.93. The fourth-order valence-electron chi connectivity index (χ4n) is 9.45. The van der Waals surface area contributed by atoms with Gasteiger partial charge in [0.05, 0.1) is 0 Å². The number of ether oxygens (including phenoxy) is 3. The Bertz CT molecular complexity index is 1610. The quantitative estimate of drug-likeness (QED) is 0.0261. The maximum atomic E-state index is 12.9. The molecule has 80 heavy (non-hydrogen) atoms. The monoisotopic (exact) mass is 1110 g/mol. The summed E-state index contributed by atoms with van der Waals surface area (Å²) in [5, 5.41) is 0. The van der Waals surface area contributed by atoms with E-state index in [4.69, 9.17) is 14.2 Å². The number of rotatable bonds is 61. The Morgan fingerprint density at radius 2 is 0.487 bits per heavy atom. The average molecular weight is 1110 g/mol. The largest absolute Gasteiger partial charge is 0.462 e. The molecule has 0 amide bonds. The zero-order valence-electron chi connectivity index (χ0n) is 52.6. The summed E-state index contributed by atoms with van der Waals surface area (Å²) < 4.78 is 16.9. The van der Waals surface area contributed by atoms with E-state index < -0.39 is 6.10 Å². The summed E-state index contributed by atoms with van der Waals surface area (Å²) in [7, 11) is 0. The van der Waals surface area contributed by atoms with Crippen molar-refractivity contribution in [3.05, 3.63) is 109 Å². The molecule has 0 aliphatic rings. The van der Waals surface area contributed by atoms with Crippen LogP contribution in [0.25, 0.3) is 0 Å². The van der Waals surface area contributed by atoms with Crippen molar-refractivity contribution in [3.63, 3.8) is 0 Å². The van der Waals surface area contributed by atoms with Crippen LogP contribution in [0.3, 0.4) is 0 Å². The molecule has 1 atom stereocenters. The van der Waals surface area contributed by atoms with Gasteiger partial charge in [-0.15, -0.1) is 0 Å². The Morgan fingerprint density at radius 1 is 0.263 bits per heavy atom. The first-order valence-electron chi connectivity index (χ1n) is 33.9. The molecule has 0 fully saturated rings. The first-order valence-corrected chi connectivity index (χ1v) is 33.9. The third kappa shape index (κ3) is 64.9. The van der Waals surface area contributed by atoms with Gasteiger partial charge in [0.25, 0.3) is 0 Å². The third-order valence-corrected chi connectivity index (χ3v) is 14.5. The van der Waals surface area contributed by atoms with Crippen LogP contribution in [0.15, 0.2) is 109 Å². The molecule has 0 aromatic heterocycles. The van der Waals surface area contributed by atoms with E-state index in [2.05, 4.69) is 130 Å². The van der Waals surface area contributed by atoms with Crippen molar-refractivity contribution < 1.29 is 28.6 Å². The summed E-state index contributed by atoms with van der Waals surface area (Å²) in [4.78, 5) is 38.2. The number of unbranched alkanes of at least 4 members (excludes halogenated alkanes) is 32. The zero-order chi connectivity index (χ0) is 57.8. The van der Waals surface area contributed by atoms with Crippen LogP contribution in [0.4, 0.5) is 0 Å². The number of carbonyl (C=O) groups is 3. The van der Waals surface area contributed by atoms with E-state index in [9.17, 15) is 14.4 Å². The lowest BCUT2D eigenvalue weighted by atomic mass is 10.0. The van der Waals surface area contributed by atoms with E-state index in [-0.39, 0.29) is 31.1 Å². The number of hydrogen-bond donors (Lipinski definition) is 0. The van der Waals surface area contributed by atoms with Crippen LogP contribution in [0.2, 0.25) is 0 Å². The lowest BCUT2D eigenvalue weighted by molar-refractivity contribution is -0.167. The second-order valence-corrected chi connectivity index (χ2v) is 22.4. The molecule has 0 spiro atoms. The summed E-state index contributed by atoms with van der Waals surface area (Å²) in [6.45, 7) is 6.50. The summed E-state index contributed by atoms with van der Waals surface area (Å²) in [5.41, 5.74) is 0. The molecule has 0 aromatic rings. The zero-order valence-corrected chi connectivity index (χ0v) is 52.6. The molecule has 0 aliphatic heterocycles. The van der Waals surface area contributed by atoms with E-state index in [1.165, 1.54) is 167 Å². The maximum Gasteiger partial charge on any atom is 0.306 e. The Kier molecular flexibility index (Phi) is 64.3. The van der Waals surface area contributed by atoms with Crippen LogP contribution in [0.1, 0.15) is 323 Å². The Labute approximate surface area is 495 Å². The van der Waals surface area contributed by atoms with Gasteiger partial charge in [0, 0.05) is 19.3 Å². The molecule has 0 rings (SSSR count). The van der Waals surface area contributed by atoms with Crippen molar-refractivity contribution in [2.45, 2.75) is 329 Å². The highest BCUT2D eigenvalue weighted by Crippen LogP contribution is 2.16. The standard InChI is InChI=1S/C74H126O6/c1-4-7-10-13-16-19-21-23-25-27-29-31-33-35-37-39-41-43-45-47-49-51-53-55-58-61-64-67-73(76)79-70-71(69-78-72(75)66-63-60-57-18-15-12-9-6-3)80-74(77)68-65-62-59-56-54-52-50-48-46-44-42-40-38-36-34-32-30-28-26-24-22-20-17-14-11-8-5-2/h7,10,16,19,22-25,28-31,34-37,41,43,71H,4-6,8-9,11-15,17-18,20-21,26-27,32-33,38-40,42,44-70H2,1-3H3/b10-7-,19-16-,24-22-,25-23-,30-28-,31-29-,36-34-,37-35-,43-41-. The van der Waals surface area contributed by atoms with Crippen LogP contribution in [0, 0.1) is 0 Å². The summed E-state index contributed by atoms with van der Waals surface area (Å²) in [6, 6.07) is 0. The van der Waals surface area contributed by atoms with Gasteiger partial charge in [-0.25, -0.2) is 0 Å². The smallest absolute Gasteiger partial charge is 0.306 e.